The van der Waals surface area contributed by atoms with Gasteiger partial charge in [0.05, 0.1) is 5.69 Å². The predicted molar refractivity (Wildman–Crippen MR) is 63.3 cm³/mol. The Balaban J connectivity index is 2.05. The second-order valence-corrected chi connectivity index (χ2v) is 3.79. The van der Waals surface area contributed by atoms with E-state index in [2.05, 4.69) is 11.1 Å². The maximum atomic E-state index is 5.67. The lowest BCUT2D eigenvalue weighted by Crippen LogP contribution is -1.98. The van der Waals surface area contributed by atoms with Crippen molar-refractivity contribution in [2.24, 2.45) is 0 Å². The molecule has 0 unspecified atom stereocenters. The molecule has 1 heterocycles. The van der Waals surface area contributed by atoms with Crippen molar-refractivity contribution in [3.05, 3.63) is 59.4 Å². The van der Waals surface area contributed by atoms with Gasteiger partial charge in [-0.3, -0.25) is 4.98 Å². The van der Waals surface area contributed by atoms with Gasteiger partial charge in [0.25, 0.3) is 0 Å². The smallest absolute Gasteiger partial charge is 0.130 e. The molecule has 0 fully saturated rings. The third-order valence-corrected chi connectivity index (χ3v) is 2.22. The first-order valence-electron chi connectivity index (χ1n) is 5.27. The summed E-state index contributed by atoms with van der Waals surface area (Å²) in [5.74, 6) is 0.874. The minimum atomic E-state index is 0.504. The Morgan fingerprint density at radius 2 is 1.94 bits per heavy atom. The van der Waals surface area contributed by atoms with Crippen LogP contribution in [0.15, 0.2) is 36.5 Å². The molecule has 1 aromatic heterocycles. The molecular weight excluding hydrogens is 198 g/mol. The number of benzene rings is 1. The fraction of sp³-hybridized carbons (Fsp3) is 0.214. The summed E-state index contributed by atoms with van der Waals surface area (Å²) in [6, 6.07) is 13.0. The van der Waals surface area contributed by atoms with Crippen LogP contribution in [0, 0.1) is 19.9 Å². The third kappa shape index (κ3) is 2.83. The van der Waals surface area contributed by atoms with E-state index in [1.54, 1.807) is 6.20 Å². The summed E-state index contributed by atoms with van der Waals surface area (Å²) in [6.07, 6.45) is 1.77. The zero-order chi connectivity index (χ0) is 11.4. The van der Waals surface area contributed by atoms with Crippen LogP contribution in [-0.2, 0) is 6.61 Å². The van der Waals surface area contributed by atoms with Crippen molar-refractivity contribution < 1.29 is 4.74 Å². The van der Waals surface area contributed by atoms with Crippen molar-refractivity contribution >= 4 is 0 Å². The first-order chi connectivity index (χ1) is 7.74. The second kappa shape index (κ2) is 4.79. The molecular formula is C14H14NO. The number of hydrogen-bond donors (Lipinski definition) is 0. The number of nitrogens with zero attached hydrogens (tertiary/aromatic N) is 1. The van der Waals surface area contributed by atoms with Gasteiger partial charge in [-0.2, -0.15) is 0 Å². The van der Waals surface area contributed by atoms with Crippen LogP contribution in [0.25, 0.3) is 0 Å². The van der Waals surface area contributed by atoms with Gasteiger partial charge in [0.2, 0.25) is 0 Å². The Morgan fingerprint density at radius 3 is 2.56 bits per heavy atom. The lowest BCUT2D eigenvalue weighted by Gasteiger charge is -2.07. The summed E-state index contributed by atoms with van der Waals surface area (Å²) in [5, 5.41) is 0. The molecule has 2 heteroatoms. The lowest BCUT2D eigenvalue weighted by atomic mass is 10.1. The topological polar surface area (TPSA) is 22.1 Å². The average Bonchev–Trinajstić information content (AvgIpc) is 2.27. The summed E-state index contributed by atoms with van der Waals surface area (Å²) in [7, 11) is 0. The molecule has 0 amide bonds. The first kappa shape index (κ1) is 10.7. The van der Waals surface area contributed by atoms with Gasteiger partial charge in [-0.15, -0.1) is 0 Å². The van der Waals surface area contributed by atoms with Crippen molar-refractivity contribution in [3.63, 3.8) is 0 Å². The molecule has 0 aliphatic rings. The Kier molecular flexibility index (Phi) is 3.20. The van der Waals surface area contributed by atoms with Crippen molar-refractivity contribution in [2.45, 2.75) is 20.5 Å². The fourth-order valence-corrected chi connectivity index (χ4v) is 1.58. The monoisotopic (exact) mass is 212 g/mol. The number of pyridine rings is 1. The molecule has 2 rings (SSSR count). The minimum Gasteiger partial charge on any atom is -0.487 e. The summed E-state index contributed by atoms with van der Waals surface area (Å²) < 4.78 is 5.67. The molecule has 0 bridgehead atoms. The van der Waals surface area contributed by atoms with Crippen molar-refractivity contribution in [1.82, 2.24) is 4.98 Å². The largest absolute Gasteiger partial charge is 0.487 e. The Morgan fingerprint density at radius 1 is 1.19 bits per heavy atom. The predicted octanol–water partition coefficient (Wildman–Crippen LogP) is 3.08. The van der Waals surface area contributed by atoms with Gasteiger partial charge < -0.3 is 4.74 Å². The molecule has 1 aromatic carbocycles. The molecule has 81 valence electrons. The van der Waals surface area contributed by atoms with E-state index in [0.29, 0.717) is 6.61 Å². The molecule has 0 saturated carbocycles. The van der Waals surface area contributed by atoms with E-state index in [4.69, 9.17) is 4.74 Å². The summed E-state index contributed by atoms with van der Waals surface area (Å²) >= 11 is 0. The highest BCUT2D eigenvalue weighted by Gasteiger charge is 1.98. The summed E-state index contributed by atoms with van der Waals surface area (Å²) in [4.78, 5) is 4.21. The van der Waals surface area contributed by atoms with Gasteiger partial charge in [0.15, 0.2) is 0 Å². The van der Waals surface area contributed by atoms with Crippen LogP contribution in [0.5, 0.6) is 5.75 Å². The molecule has 16 heavy (non-hydrogen) atoms. The van der Waals surface area contributed by atoms with Gasteiger partial charge >= 0.3 is 0 Å². The van der Waals surface area contributed by atoms with E-state index in [0.717, 1.165) is 22.6 Å². The molecule has 2 aromatic rings. The number of aryl methyl sites for hydroxylation is 2. The van der Waals surface area contributed by atoms with Gasteiger partial charge in [-0.1, -0.05) is 6.07 Å². The van der Waals surface area contributed by atoms with E-state index in [-0.39, 0.29) is 0 Å². The van der Waals surface area contributed by atoms with Gasteiger partial charge in [0, 0.05) is 6.20 Å². The molecule has 2 nitrogen and oxygen atoms in total. The quantitative estimate of drug-likeness (QED) is 0.780. The molecule has 0 N–H and O–H groups in total. The van der Waals surface area contributed by atoms with Crippen LogP contribution in [-0.4, -0.2) is 4.98 Å². The molecule has 1 radical (unpaired) electrons. The van der Waals surface area contributed by atoms with E-state index in [1.165, 1.54) is 0 Å². The lowest BCUT2D eigenvalue weighted by molar-refractivity contribution is 0.301. The molecule has 0 aliphatic heterocycles. The maximum absolute atomic E-state index is 5.67. The highest BCUT2D eigenvalue weighted by atomic mass is 16.5. The van der Waals surface area contributed by atoms with Gasteiger partial charge in [-0.25, -0.2) is 0 Å². The summed E-state index contributed by atoms with van der Waals surface area (Å²) in [5.41, 5.74) is 3.12. The van der Waals surface area contributed by atoms with Gasteiger partial charge in [-0.05, 0) is 55.3 Å². The van der Waals surface area contributed by atoms with Crippen LogP contribution in [0.2, 0.25) is 0 Å². The Labute approximate surface area is 95.9 Å². The van der Waals surface area contributed by atoms with E-state index >= 15 is 0 Å². The van der Waals surface area contributed by atoms with Crippen molar-refractivity contribution in [3.8, 4) is 5.75 Å². The van der Waals surface area contributed by atoms with Gasteiger partial charge in [0.1, 0.15) is 12.4 Å². The number of ether oxygens (including phenoxy) is 1. The zero-order valence-corrected chi connectivity index (χ0v) is 9.53. The zero-order valence-electron chi connectivity index (χ0n) is 9.53. The highest BCUT2D eigenvalue weighted by molar-refractivity contribution is 5.32. The van der Waals surface area contributed by atoms with Crippen LogP contribution >= 0.6 is 0 Å². The Bertz CT molecular complexity index is 445. The van der Waals surface area contributed by atoms with Crippen LogP contribution in [0.1, 0.15) is 16.8 Å². The number of rotatable bonds is 3. The molecule has 0 saturated heterocycles. The Hall–Kier alpha value is -1.83. The van der Waals surface area contributed by atoms with Crippen molar-refractivity contribution in [2.75, 3.05) is 0 Å². The number of aromatic nitrogens is 1. The molecule has 0 aliphatic carbocycles. The van der Waals surface area contributed by atoms with Crippen LogP contribution in [0.4, 0.5) is 0 Å². The van der Waals surface area contributed by atoms with Crippen LogP contribution < -0.4 is 4.74 Å². The summed E-state index contributed by atoms with van der Waals surface area (Å²) in [6.45, 7) is 4.53. The highest BCUT2D eigenvalue weighted by Crippen LogP contribution is 2.16. The van der Waals surface area contributed by atoms with E-state index < -0.39 is 0 Å². The standard InChI is InChI=1S/C14H14NO/c1-11-7-12(2)9-14(8-11)16-10-13-5-3-4-6-15-13/h3-6,8-9H,10H2,1-2H3. The van der Waals surface area contributed by atoms with Crippen molar-refractivity contribution in [1.29, 1.82) is 0 Å². The average molecular weight is 212 g/mol. The van der Waals surface area contributed by atoms with E-state index in [1.807, 2.05) is 44.2 Å². The maximum Gasteiger partial charge on any atom is 0.130 e. The third-order valence-electron chi connectivity index (χ3n) is 2.22. The minimum absolute atomic E-state index is 0.504. The molecule has 0 atom stereocenters. The SMILES string of the molecule is Cc1[c]c(C)cc(OCc2ccccn2)c1. The second-order valence-electron chi connectivity index (χ2n) is 3.79. The first-order valence-corrected chi connectivity index (χ1v) is 5.27. The molecule has 0 spiro atoms. The normalized spacial score (nSPS) is 10.1. The van der Waals surface area contributed by atoms with Crippen LogP contribution in [0.3, 0.4) is 0 Å². The van der Waals surface area contributed by atoms with E-state index in [9.17, 15) is 0 Å². The number of hydrogen-bond acceptors (Lipinski definition) is 2. The fourth-order valence-electron chi connectivity index (χ4n) is 1.58.